The van der Waals surface area contributed by atoms with Gasteiger partial charge in [-0.05, 0) is 35.4 Å². The summed E-state index contributed by atoms with van der Waals surface area (Å²) in [5.74, 6) is -0.246. The first kappa shape index (κ1) is 31.1. The van der Waals surface area contributed by atoms with Crippen LogP contribution in [0.4, 0.5) is 5.82 Å². The average molecular weight is 633 g/mol. The molecule has 4 aromatic rings. The van der Waals surface area contributed by atoms with E-state index < -0.39 is 44.8 Å². The van der Waals surface area contributed by atoms with E-state index in [4.69, 9.17) is 35.9 Å². The number of hydrogen-bond donors (Lipinski definition) is 3. The number of nitrogen functional groups attached to an aromatic ring is 1. The van der Waals surface area contributed by atoms with Gasteiger partial charge in [0, 0.05) is 11.8 Å². The van der Waals surface area contributed by atoms with Gasteiger partial charge < -0.3 is 24.8 Å². The fourth-order valence-corrected chi connectivity index (χ4v) is 6.54. The number of nitrogens with two attached hydrogens (primary N) is 1. The number of benzene rings is 2. The van der Waals surface area contributed by atoms with E-state index in [0.717, 1.165) is 5.39 Å². The van der Waals surface area contributed by atoms with E-state index in [1.165, 1.54) is 13.3 Å². The van der Waals surface area contributed by atoms with Crippen LogP contribution in [-0.4, -0.2) is 62.1 Å². The summed E-state index contributed by atoms with van der Waals surface area (Å²) in [5.41, 5.74) is 6.33. The molecule has 0 aliphatic carbocycles. The standard InChI is InChI=1S/C28H34ClN6O7P/c1-16(26(37)39-14-28(2,3)4)34-43(38,41-19-11-7-9-17-8-5-6-10-18(17)19)42-20-12-22(40-21(20)13-36)35-15-31-23-24(30)32-27(29)33-25(23)35/h5-11,15-16,20-22,36H,12-14H2,1-4H3,(H,34,38)(H2,30,32,33)/t16-,20?,21+,22+,43?/m0/s1. The number of anilines is 1. The number of carbonyl (C=O) groups is 1. The summed E-state index contributed by atoms with van der Waals surface area (Å²) in [4.78, 5) is 25.2. The predicted octanol–water partition coefficient (Wildman–Crippen LogP) is 4.63. The van der Waals surface area contributed by atoms with Crippen molar-refractivity contribution in [1.29, 1.82) is 0 Å². The Labute approximate surface area is 253 Å². The number of fused-ring (bicyclic) bond motifs is 2. The first-order chi connectivity index (χ1) is 20.4. The molecular formula is C28H34ClN6O7P. The zero-order chi connectivity index (χ0) is 30.9. The van der Waals surface area contributed by atoms with E-state index in [1.54, 1.807) is 16.7 Å². The molecule has 2 aromatic heterocycles. The lowest BCUT2D eigenvalue weighted by atomic mass is 9.99. The number of nitrogens with zero attached hydrogens (tertiary/aromatic N) is 4. The zero-order valence-electron chi connectivity index (χ0n) is 24.1. The molecule has 43 heavy (non-hydrogen) atoms. The largest absolute Gasteiger partial charge is 0.464 e. The monoisotopic (exact) mass is 632 g/mol. The van der Waals surface area contributed by atoms with Crippen LogP contribution < -0.4 is 15.3 Å². The highest BCUT2D eigenvalue weighted by Crippen LogP contribution is 2.50. The number of aliphatic hydroxyl groups is 1. The van der Waals surface area contributed by atoms with Crippen molar-refractivity contribution in [1.82, 2.24) is 24.6 Å². The van der Waals surface area contributed by atoms with Crippen molar-refractivity contribution in [3.8, 4) is 5.75 Å². The third-order valence-electron chi connectivity index (χ3n) is 6.69. The Morgan fingerprint density at radius 2 is 2.00 bits per heavy atom. The molecule has 13 nitrogen and oxygen atoms in total. The maximum absolute atomic E-state index is 14.5. The van der Waals surface area contributed by atoms with Crippen LogP contribution >= 0.6 is 19.3 Å². The van der Waals surface area contributed by atoms with Gasteiger partial charge in [-0.1, -0.05) is 57.2 Å². The number of esters is 1. The number of aliphatic hydroxyl groups excluding tert-OH is 1. The van der Waals surface area contributed by atoms with E-state index in [0.29, 0.717) is 16.6 Å². The Kier molecular flexibility index (Phi) is 8.94. The minimum atomic E-state index is -4.32. The molecule has 230 valence electrons. The summed E-state index contributed by atoms with van der Waals surface area (Å²) in [7, 11) is -4.32. The van der Waals surface area contributed by atoms with Crippen molar-refractivity contribution in [2.75, 3.05) is 18.9 Å². The van der Waals surface area contributed by atoms with Crippen LogP contribution in [0.2, 0.25) is 5.28 Å². The van der Waals surface area contributed by atoms with Gasteiger partial charge in [-0.2, -0.15) is 15.1 Å². The molecule has 1 saturated heterocycles. The van der Waals surface area contributed by atoms with E-state index >= 15 is 0 Å². The molecule has 3 heterocycles. The number of aromatic nitrogens is 4. The third-order valence-corrected chi connectivity index (χ3v) is 8.54. The quantitative estimate of drug-likeness (QED) is 0.126. The number of nitrogens with one attached hydrogen (secondary N) is 1. The van der Waals surface area contributed by atoms with Crippen LogP contribution in [0.5, 0.6) is 5.75 Å². The molecule has 0 amide bonds. The number of halogens is 1. The van der Waals surface area contributed by atoms with Crippen molar-refractivity contribution in [2.24, 2.45) is 5.41 Å². The lowest BCUT2D eigenvalue weighted by Crippen LogP contribution is -2.38. The second-order valence-electron chi connectivity index (χ2n) is 11.5. The van der Waals surface area contributed by atoms with Gasteiger partial charge in [0.1, 0.15) is 35.7 Å². The number of ether oxygens (including phenoxy) is 2. The highest BCUT2D eigenvalue weighted by atomic mass is 35.5. The highest BCUT2D eigenvalue weighted by molar-refractivity contribution is 7.52. The van der Waals surface area contributed by atoms with Gasteiger partial charge >= 0.3 is 13.7 Å². The van der Waals surface area contributed by atoms with Crippen LogP contribution in [0.25, 0.3) is 21.9 Å². The number of imidazole rings is 1. The number of carbonyl (C=O) groups excluding carboxylic acids is 1. The normalized spacial score (nSPS) is 21.1. The second kappa shape index (κ2) is 12.4. The summed E-state index contributed by atoms with van der Waals surface area (Å²) < 4.78 is 39.7. The van der Waals surface area contributed by atoms with Gasteiger partial charge in [0.05, 0.1) is 19.5 Å². The Hall–Kier alpha value is -3.32. The van der Waals surface area contributed by atoms with Crippen LogP contribution in [0.15, 0.2) is 48.8 Å². The molecule has 4 N–H and O–H groups in total. The number of hydrogen-bond acceptors (Lipinski definition) is 11. The maximum Gasteiger partial charge on any atom is 0.459 e. The SMILES string of the molecule is C[C@H](NP(=O)(Oc1cccc2ccccc12)OC1C[C@H](n2cnc3c(N)nc(Cl)nc32)O[C@@H]1CO)C(=O)OCC(C)(C)C. The molecule has 1 aliphatic rings. The molecule has 0 bridgehead atoms. The molecule has 1 aliphatic heterocycles. The van der Waals surface area contributed by atoms with E-state index in [9.17, 15) is 14.5 Å². The lowest BCUT2D eigenvalue weighted by Gasteiger charge is -2.27. The summed E-state index contributed by atoms with van der Waals surface area (Å²) in [5, 5.41) is 14.4. The summed E-state index contributed by atoms with van der Waals surface area (Å²) in [6.07, 6.45) is -1.01. The smallest absolute Gasteiger partial charge is 0.459 e. The lowest BCUT2D eigenvalue weighted by molar-refractivity contribution is -0.148. The van der Waals surface area contributed by atoms with Crippen molar-refractivity contribution in [3.05, 3.63) is 54.1 Å². The van der Waals surface area contributed by atoms with Gasteiger partial charge in [-0.15, -0.1) is 0 Å². The third kappa shape index (κ3) is 7.09. The van der Waals surface area contributed by atoms with Gasteiger partial charge in [0.15, 0.2) is 11.5 Å². The number of rotatable bonds is 10. The topological polar surface area (TPSA) is 173 Å². The minimum Gasteiger partial charge on any atom is -0.464 e. The molecule has 2 unspecified atom stereocenters. The van der Waals surface area contributed by atoms with Crippen molar-refractivity contribution < 1.29 is 33.0 Å². The van der Waals surface area contributed by atoms with Crippen molar-refractivity contribution in [3.63, 3.8) is 0 Å². The average Bonchev–Trinajstić information content (AvgIpc) is 3.55. The van der Waals surface area contributed by atoms with Gasteiger partial charge in [0.2, 0.25) is 5.28 Å². The molecule has 5 atom stereocenters. The first-order valence-electron chi connectivity index (χ1n) is 13.7. The minimum absolute atomic E-state index is 0.0687. The first-order valence-corrected chi connectivity index (χ1v) is 15.6. The zero-order valence-corrected chi connectivity index (χ0v) is 25.8. The van der Waals surface area contributed by atoms with Crippen LogP contribution in [0.3, 0.4) is 0 Å². The van der Waals surface area contributed by atoms with E-state index in [-0.39, 0.29) is 35.3 Å². The second-order valence-corrected chi connectivity index (χ2v) is 13.5. The Balaban J connectivity index is 1.43. The highest BCUT2D eigenvalue weighted by Gasteiger charge is 2.44. The summed E-state index contributed by atoms with van der Waals surface area (Å²) in [6, 6.07) is 11.7. The fourth-order valence-electron chi connectivity index (χ4n) is 4.63. The fraction of sp³-hybridized carbons (Fsp3) is 0.429. The molecule has 2 aromatic carbocycles. The van der Waals surface area contributed by atoms with Crippen molar-refractivity contribution >= 4 is 53.1 Å². The Bertz CT molecular complexity index is 1670. The van der Waals surface area contributed by atoms with Gasteiger partial charge in [-0.25, -0.2) is 9.55 Å². The molecular weight excluding hydrogens is 599 g/mol. The molecule has 0 radical (unpaired) electrons. The molecule has 5 rings (SSSR count). The van der Waals surface area contributed by atoms with Crippen LogP contribution in [0.1, 0.15) is 40.3 Å². The molecule has 0 spiro atoms. The Morgan fingerprint density at radius 1 is 1.26 bits per heavy atom. The maximum atomic E-state index is 14.5. The predicted molar refractivity (Wildman–Crippen MR) is 160 cm³/mol. The summed E-state index contributed by atoms with van der Waals surface area (Å²) in [6.45, 7) is 7.01. The Morgan fingerprint density at radius 3 is 2.74 bits per heavy atom. The van der Waals surface area contributed by atoms with Gasteiger partial charge in [0.25, 0.3) is 0 Å². The molecule has 1 fully saturated rings. The van der Waals surface area contributed by atoms with Crippen LogP contribution in [0, 0.1) is 5.41 Å². The molecule has 15 heteroatoms. The van der Waals surface area contributed by atoms with E-state index in [1.807, 2.05) is 51.1 Å². The van der Waals surface area contributed by atoms with Gasteiger partial charge in [-0.3, -0.25) is 13.9 Å². The van der Waals surface area contributed by atoms with Crippen LogP contribution in [-0.2, 0) is 23.4 Å². The summed E-state index contributed by atoms with van der Waals surface area (Å²) >= 11 is 6.02. The van der Waals surface area contributed by atoms with E-state index in [2.05, 4.69) is 20.0 Å². The molecule has 0 saturated carbocycles. The van der Waals surface area contributed by atoms with Crippen molar-refractivity contribution in [2.45, 2.75) is 58.6 Å².